The summed E-state index contributed by atoms with van der Waals surface area (Å²) in [5.74, 6) is -0.165. The largest absolute Gasteiger partial charge is 0.573 e. The van der Waals surface area contributed by atoms with Crippen molar-refractivity contribution in [2.45, 2.75) is 25.1 Å². The van der Waals surface area contributed by atoms with Gasteiger partial charge in [0.2, 0.25) is 0 Å². The molecule has 0 atom stereocenters. The topological polar surface area (TPSA) is 72.5 Å². The maximum absolute atomic E-state index is 12.1. The number of Topliss-reactive ketones (excluding diaryl/α,β-unsaturated/α-hetero) is 2. The van der Waals surface area contributed by atoms with E-state index in [2.05, 4.69) is 9.46 Å². The maximum atomic E-state index is 12.1. The molecule has 0 radical (unpaired) electrons. The molecule has 0 heterocycles. The van der Waals surface area contributed by atoms with Crippen LogP contribution in [0, 0.1) is 0 Å². The number of ketones is 2. The predicted octanol–water partition coefficient (Wildman–Crippen LogP) is 5.41. The van der Waals surface area contributed by atoms with Gasteiger partial charge in [0, 0.05) is 16.1 Å². The first-order valence-corrected chi connectivity index (χ1v) is 9.91. The Labute approximate surface area is 174 Å². The molecule has 0 aliphatic heterocycles. The number of alkyl halides is 3. The lowest BCUT2D eigenvalue weighted by Gasteiger charge is -2.10. The Bertz CT molecular complexity index is 806. The van der Waals surface area contributed by atoms with Gasteiger partial charge in [-0.2, -0.15) is 0 Å². The molecule has 5 nitrogen and oxygen atoms in total. The second kappa shape index (κ2) is 12.2. The van der Waals surface area contributed by atoms with E-state index in [1.807, 2.05) is 0 Å². The summed E-state index contributed by atoms with van der Waals surface area (Å²) in [7, 11) is 0. The van der Waals surface area contributed by atoms with Crippen LogP contribution in [0.5, 0.6) is 5.75 Å². The lowest BCUT2D eigenvalue weighted by atomic mass is 10.1. The number of carbonyl (C=O) groups excluding carboxylic acids is 3. The highest BCUT2D eigenvalue weighted by atomic mass is 32.2. The first-order chi connectivity index (χ1) is 13.6. The fourth-order valence-corrected chi connectivity index (χ4v) is 2.77. The number of carbonyl (C=O) groups is 3. The van der Waals surface area contributed by atoms with Gasteiger partial charge in [-0.05, 0) is 74.3 Å². The van der Waals surface area contributed by atoms with Crippen LogP contribution in [0.2, 0.25) is 0 Å². The second-order valence-electron chi connectivity index (χ2n) is 5.54. The number of thioether (sulfide) groups is 1. The molecule has 0 bridgehead atoms. The molecule has 2 aromatic carbocycles. The minimum Gasteiger partial charge on any atom is -0.406 e. The summed E-state index contributed by atoms with van der Waals surface area (Å²) in [6.07, 6.45) is -4.71. The van der Waals surface area contributed by atoms with Gasteiger partial charge in [-0.15, -0.1) is 13.2 Å². The summed E-state index contributed by atoms with van der Waals surface area (Å²) in [5.41, 5.74) is 1.84. The van der Waals surface area contributed by atoms with Crippen molar-refractivity contribution in [3.05, 3.63) is 54.1 Å². The van der Waals surface area contributed by atoms with Crippen molar-refractivity contribution in [1.29, 1.82) is 0 Å². The highest BCUT2D eigenvalue weighted by molar-refractivity contribution is 8.12. The molecule has 0 saturated carbocycles. The van der Waals surface area contributed by atoms with Crippen LogP contribution in [0.1, 0.15) is 24.2 Å². The zero-order chi connectivity index (χ0) is 21.9. The monoisotopic (exact) mass is 445 g/mol. The Hall–Kier alpha value is -2.46. The Kier molecular flexibility index (Phi) is 10.3. The van der Waals surface area contributed by atoms with Crippen LogP contribution in [-0.4, -0.2) is 29.3 Å². The molecular formula is C19H18F3NO4S2. The molecule has 2 rings (SSSR count). The predicted molar refractivity (Wildman–Crippen MR) is 109 cm³/mol. The summed E-state index contributed by atoms with van der Waals surface area (Å²) < 4.78 is 43.1. The van der Waals surface area contributed by atoms with Gasteiger partial charge in [-0.3, -0.25) is 9.59 Å². The smallest absolute Gasteiger partial charge is 0.406 e. The molecule has 1 N–H and O–H groups in total. The fourth-order valence-electron chi connectivity index (χ4n) is 1.74. The molecule has 0 aromatic heterocycles. The molecule has 0 aliphatic rings. The van der Waals surface area contributed by atoms with Crippen molar-refractivity contribution in [2.75, 3.05) is 10.5 Å². The number of rotatable bonds is 8. The molecule has 0 saturated heterocycles. The zero-order valence-electron chi connectivity index (χ0n) is 15.5. The molecule has 10 heteroatoms. The quantitative estimate of drug-likeness (QED) is 0.331. The SMILES string of the molecule is CC(C)=O.O=CSCC(=O)c1ccc(NSc2ccc(OC(F)(F)F)cc2)cc1. The third-order valence-electron chi connectivity index (χ3n) is 2.83. The summed E-state index contributed by atoms with van der Waals surface area (Å²) in [4.78, 5) is 32.1. The number of ether oxygens (including phenoxy) is 1. The van der Waals surface area contributed by atoms with Gasteiger partial charge in [0.15, 0.2) is 11.4 Å². The number of anilines is 1. The number of hydrogen-bond donors (Lipinski definition) is 1. The summed E-state index contributed by atoms with van der Waals surface area (Å²) >= 11 is 2.10. The lowest BCUT2D eigenvalue weighted by molar-refractivity contribution is -0.274. The fraction of sp³-hybridized carbons (Fsp3) is 0.211. The third kappa shape index (κ3) is 11.2. The number of hydrogen-bond acceptors (Lipinski definition) is 7. The molecular weight excluding hydrogens is 427 g/mol. The van der Waals surface area contributed by atoms with Crippen LogP contribution >= 0.6 is 23.7 Å². The van der Waals surface area contributed by atoms with Crippen molar-refractivity contribution in [1.82, 2.24) is 0 Å². The molecule has 0 aliphatic carbocycles. The first-order valence-electron chi connectivity index (χ1n) is 8.05. The van der Waals surface area contributed by atoms with E-state index in [1.165, 1.54) is 50.1 Å². The van der Waals surface area contributed by atoms with Crippen LogP contribution in [-0.2, 0) is 9.59 Å². The van der Waals surface area contributed by atoms with E-state index in [-0.39, 0.29) is 23.1 Å². The minimum absolute atomic E-state index is 0.0946. The van der Waals surface area contributed by atoms with Crippen molar-refractivity contribution >= 4 is 46.6 Å². The molecule has 0 amide bonds. The third-order valence-corrected chi connectivity index (χ3v) is 4.24. The average Bonchev–Trinajstić information content (AvgIpc) is 2.64. The Balaban J connectivity index is 0.000000960. The first kappa shape index (κ1) is 24.6. The normalized spacial score (nSPS) is 10.4. The Morgan fingerprint density at radius 3 is 2.07 bits per heavy atom. The van der Waals surface area contributed by atoms with Gasteiger partial charge in [0.05, 0.1) is 5.75 Å². The summed E-state index contributed by atoms with van der Waals surface area (Å²) in [6, 6.07) is 12.1. The van der Waals surface area contributed by atoms with E-state index >= 15 is 0 Å². The summed E-state index contributed by atoms with van der Waals surface area (Å²) in [6.45, 7) is 3.06. The van der Waals surface area contributed by atoms with Gasteiger partial charge in [-0.1, -0.05) is 11.8 Å². The van der Waals surface area contributed by atoms with Gasteiger partial charge in [0.25, 0.3) is 0 Å². The highest BCUT2D eigenvalue weighted by Crippen LogP contribution is 2.27. The molecule has 29 heavy (non-hydrogen) atoms. The van der Waals surface area contributed by atoms with Crippen LogP contribution in [0.15, 0.2) is 53.4 Å². The van der Waals surface area contributed by atoms with Crippen molar-refractivity contribution < 1.29 is 32.3 Å². The molecule has 2 aromatic rings. The van der Waals surface area contributed by atoms with Crippen molar-refractivity contribution in [2.24, 2.45) is 0 Å². The van der Waals surface area contributed by atoms with Gasteiger partial charge in [0.1, 0.15) is 11.5 Å². The number of nitrogens with one attached hydrogen (secondary N) is 1. The zero-order valence-corrected chi connectivity index (χ0v) is 17.1. The molecule has 0 unspecified atom stereocenters. The Morgan fingerprint density at radius 2 is 1.59 bits per heavy atom. The number of benzene rings is 2. The van der Waals surface area contributed by atoms with E-state index < -0.39 is 6.36 Å². The Morgan fingerprint density at radius 1 is 1.03 bits per heavy atom. The highest BCUT2D eigenvalue weighted by Gasteiger charge is 2.30. The van der Waals surface area contributed by atoms with Crippen LogP contribution in [0.25, 0.3) is 0 Å². The van der Waals surface area contributed by atoms with E-state index in [1.54, 1.807) is 24.3 Å². The van der Waals surface area contributed by atoms with E-state index in [0.29, 0.717) is 16.1 Å². The van der Waals surface area contributed by atoms with Gasteiger partial charge < -0.3 is 14.3 Å². The lowest BCUT2D eigenvalue weighted by Crippen LogP contribution is -2.16. The molecule has 0 fully saturated rings. The molecule has 0 spiro atoms. The van der Waals surface area contributed by atoms with Gasteiger partial charge in [-0.25, -0.2) is 0 Å². The standard InChI is InChI=1S/C16H12F3NO3S2.C3H6O/c17-16(18,19)23-13-5-7-14(8-6-13)25-20-12-3-1-11(2-4-12)15(22)9-24-10-21;1-3(2)4/h1-8,10,20H,9H2;1-2H3. The maximum Gasteiger partial charge on any atom is 0.573 e. The van der Waals surface area contributed by atoms with E-state index in [0.717, 1.165) is 17.4 Å². The molecule has 156 valence electrons. The van der Waals surface area contributed by atoms with Crippen molar-refractivity contribution in [3.63, 3.8) is 0 Å². The minimum atomic E-state index is -4.71. The van der Waals surface area contributed by atoms with Crippen LogP contribution in [0.3, 0.4) is 0 Å². The van der Waals surface area contributed by atoms with Gasteiger partial charge >= 0.3 is 6.36 Å². The number of halogens is 3. The van der Waals surface area contributed by atoms with E-state index in [4.69, 9.17) is 0 Å². The second-order valence-corrected chi connectivity index (χ2v) is 7.23. The summed E-state index contributed by atoms with van der Waals surface area (Å²) in [5, 5.41) is 0. The van der Waals surface area contributed by atoms with Crippen LogP contribution < -0.4 is 9.46 Å². The van der Waals surface area contributed by atoms with E-state index in [9.17, 15) is 27.6 Å². The van der Waals surface area contributed by atoms with Crippen molar-refractivity contribution in [3.8, 4) is 5.75 Å². The van der Waals surface area contributed by atoms with Crippen LogP contribution in [0.4, 0.5) is 18.9 Å². The average molecular weight is 445 g/mol.